The van der Waals surface area contributed by atoms with E-state index >= 15 is 0 Å². The smallest absolute Gasteiger partial charge is 0.261 e. The van der Waals surface area contributed by atoms with Crippen LogP contribution in [0.25, 0.3) is 0 Å². The number of amides is 1. The highest BCUT2D eigenvalue weighted by atomic mass is 16.1. The molecule has 0 aromatic heterocycles. The Hall–Kier alpha value is -1.41. The molecule has 0 heterocycles. The summed E-state index contributed by atoms with van der Waals surface area (Å²) in [5, 5.41) is 0. The Balaban J connectivity index is 3.73. The van der Waals surface area contributed by atoms with Gasteiger partial charge in [-0.1, -0.05) is 12.8 Å². The highest BCUT2D eigenvalue weighted by Crippen LogP contribution is 1.66. The third-order valence-corrected chi connectivity index (χ3v) is 0.349. The molecule has 7 heavy (non-hydrogen) atoms. The molecule has 33 valence electrons. The van der Waals surface area contributed by atoms with E-state index in [1.165, 1.54) is 6.41 Å². The van der Waals surface area contributed by atoms with Gasteiger partial charge >= 0.3 is 6.41 Å². The van der Waals surface area contributed by atoms with Crippen molar-refractivity contribution in [3.63, 3.8) is 0 Å². The van der Waals surface area contributed by atoms with Gasteiger partial charge in [-0.15, -0.1) is 0 Å². The minimum Gasteiger partial charge on any atom is -0.261 e. The summed E-state index contributed by atoms with van der Waals surface area (Å²) < 4.78 is 0. The van der Waals surface area contributed by atoms with Crippen molar-refractivity contribution in [1.82, 2.24) is 4.90 Å². The summed E-state index contributed by atoms with van der Waals surface area (Å²) >= 11 is 0. The first-order valence-corrected chi connectivity index (χ1v) is 1.45. The Morgan fingerprint density at radius 2 is 1.71 bits per heavy atom. The summed E-state index contributed by atoms with van der Waals surface area (Å²) in [6, 6.07) is 3.75. The fourth-order valence-electron chi connectivity index (χ4n) is 0.0900. The van der Waals surface area contributed by atoms with Crippen LogP contribution in [0.1, 0.15) is 0 Å². The molecule has 0 rings (SSSR count). The molecular weight excluding hydrogens is 90.1 g/mol. The van der Waals surface area contributed by atoms with Crippen LogP contribution in [0.15, 0.2) is 0 Å². The molecule has 0 aliphatic carbocycles. The van der Waals surface area contributed by atoms with Crippen LogP contribution in [0.5, 0.6) is 0 Å². The minimum absolute atomic E-state index is 0.625. The van der Waals surface area contributed by atoms with Crippen LogP contribution < -0.4 is 0 Å². The topological polar surface area (TPSA) is 20.3 Å². The Morgan fingerprint density at radius 1 is 1.29 bits per heavy atom. The summed E-state index contributed by atoms with van der Waals surface area (Å²) in [5.74, 6) is 0. The summed E-state index contributed by atoms with van der Waals surface area (Å²) in [5.41, 5.74) is 0. The predicted molar refractivity (Wildman–Crippen MR) is 25.2 cm³/mol. The standard InChI is InChI=1S/C5H2NO/c1-3-6(4-2)5-7/h1-2H. The molecule has 0 aromatic rings. The van der Waals surface area contributed by atoms with Crippen molar-refractivity contribution in [1.29, 1.82) is 0 Å². The maximum Gasteiger partial charge on any atom is 0.337 e. The molecule has 0 atom stereocenters. The predicted octanol–water partition coefficient (Wildman–Crippen LogP) is -0.463. The van der Waals surface area contributed by atoms with Crippen molar-refractivity contribution in [3.05, 3.63) is 0 Å². The van der Waals surface area contributed by atoms with Gasteiger partial charge in [0.05, 0.1) is 0 Å². The van der Waals surface area contributed by atoms with E-state index in [0.717, 1.165) is 0 Å². The van der Waals surface area contributed by atoms with Gasteiger partial charge in [-0.2, -0.15) is 4.90 Å². The lowest BCUT2D eigenvalue weighted by Crippen LogP contribution is -2.04. The third-order valence-electron chi connectivity index (χ3n) is 0.349. The van der Waals surface area contributed by atoms with Gasteiger partial charge < -0.3 is 0 Å². The van der Waals surface area contributed by atoms with E-state index in [1.54, 1.807) is 0 Å². The summed E-state index contributed by atoms with van der Waals surface area (Å²) in [6.07, 6.45) is 10.6. The van der Waals surface area contributed by atoms with Gasteiger partial charge in [0.1, 0.15) is 0 Å². The minimum atomic E-state index is 0.625. The Labute approximate surface area is 42.1 Å². The lowest BCUT2D eigenvalue weighted by Gasteiger charge is -1.88. The van der Waals surface area contributed by atoms with Crippen LogP contribution in [-0.4, -0.2) is 11.3 Å². The van der Waals surface area contributed by atoms with Gasteiger partial charge in [0, 0.05) is 12.1 Å². The zero-order valence-electron chi connectivity index (χ0n) is 3.51. The Kier molecular flexibility index (Phi) is 2.24. The van der Waals surface area contributed by atoms with Gasteiger partial charge in [0.25, 0.3) is 0 Å². The van der Waals surface area contributed by atoms with E-state index in [1.807, 2.05) is 12.1 Å². The molecule has 1 amide bonds. The third kappa shape index (κ3) is 1.46. The second-order valence-corrected chi connectivity index (χ2v) is 0.685. The number of terminal acetylenes is 2. The summed E-state index contributed by atoms with van der Waals surface area (Å²) in [4.78, 5) is 10.1. The van der Waals surface area contributed by atoms with E-state index < -0.39 is 0 Å². The highest BCUT2D eigenvalue weighted by Gasteiger charge is 1.84. The molecule has 0 spiro atoms. The van der Waals surface area contributed by atoms with E-state index in [4.69, 9.17) is 0 Å². The molecule has 0 bridgehead atoms. The van der Waals surface area contributed by atoms with Gasteiger partial charge in [-0.25, -0.2) is 0 Å². The molecule has 0 aliphatic heterocycles. The number of nitrogens with zero attached hydrogens (tertiary/aromatic N) is 1. The largest absolute Gasteiger partial charge is 0.337 e. The molecule has 0 saturated heterocycles. The van der Waals surface area contributed by atoms with E-state index in [9.17, 15) is 4.79 Å². The average Bonchev–Trinajstić information content (AvgIpc) is 1.72. The normalized spacial score (nSPS) is 5.43. The molecule has 1 radical (unpaired) electrons. The Morgan fingerprint density at radius 3 is 1.71 bits per heavy atom. The highest BCUT2D eigenvalue weighted by molar-refractivity contribution is 5.54. The van der Waals surface area contributed by atoms with Crippen LogP contribution in [0, 0.1) is 24.9 Å². The van der Waals surface area contributed by atoms with Crippen LogP contribution >= 0.6 is 0 Å². The quantitative estimate of drug-likeness (QED) is 0.316. The van der Waals surface area contributed by atoms with E-state index in [2.05, 4.69) is 12.8 Å². The van der Waals surface area contributed by atoms with Crippen LogP contribution in [0.4, 0.5) is 0 Å². The van der Waals surface area contributed by atoms with Gasteiger partial charge in [0.15, 0.2) is 0 Å². The van der Waals surface area contributed by atoms with Crippen LogP contribution in [-0.2, 0) is 4.79 Å². The van der Waals surface area contributed by atoms with Crippen molar-refractivity contribution >= 4 is 6.41 Å². The Bertz CT molecular complexity index is 123. The molecular formula is C5H2NO. The lowest BCUT2D eigenvalue weighted by molar-refractivity contribution is 0.524. The van der Waals surface area contributed by atoms with Crippen molar-refractivity contribution in [3.8, 4) is 24.9 Å². The number of carbonyl (C=O) groups excluding carboxylic acids is 1. The fourth-order valence-corrected chi connectivity index (χ4v) is 0.0900. The zero-order chi connectivity index (χ0) is 5.70. The first kappa shape index (κ1) is 5.59. The molecule has 0 unspecified atom stereocenters. The number of hydrogen-bond acceptors (Lipinski definition) is 1. The van der Waals surface area contributed by atoms with Gasteiger partial charge in [-0.05, 0) is 0 Å². The lowest BCUT2D eigenvalue weighted by atomic mass is 10.8. The van der Waals surface area contributed by atoms with Gasteiger partial charge in [0.2, 0.25) is 0 Å². The average molecular weight is 92.1 g/mol. The number of rotatable bonds is 1. The van der Waals surface area contributed by atoms with E-state index in [-0.39, 0.29) is 0 Å². The molecule has 0 N–H and O–H groups in total. The molecule has 2 heteroatoms. The second kappa shape index (κ2) is 2.81. The van der Waals surface area contributed by atoms with Crippen LogP contribution in [0.2, 0.25) is 0 Å². The molecule has 0 fully saturated rings. The summed E-state index contributed by atoms with van der Waals surface area (Å²) in [6.45, 7) is 0. The van der Waals surface area contributed by atoms with E-state index in [0.29, 0.717) is 4.90 Å². The molecule has 0 aromatic carbocycles. The SMILES string of the molecule is C#CN([C]=O)C#C. The van der Waals surface area contributed by atoms with Crippen molar-refractivity contribution in [2.45, 2.75) is 0 Å². The van der Waals surface area contributed by atoms with Crippen molar-refractivity contribution < 1.29 is 4.79 Å². The molecule has 2 nitrogen and oxygen atoms in total. The van der Waals surface area contributed by atoms with Gasteiger partial charge in [-0.3, -0.25) is 4.79 Å². The molecule has 0 saturated carbocycles. The zero-order valence-corrected chi connectivity index (χ0v) is 3.51. The van der Waals surface area contributed by atoms with Crippen molar-refractivity contribution in [2.24, 2.45) is 0 Å². The maximum absolute atomic E-state index is 9.48. The monoisotopic (exact) mass is 92.0 g/mol. The second-order valence-electron chi connectivity index (χ2n) is 0.685. The first-order chi connectivity index (χ1) is 3.35. The fraction of sp³-hybridized carbons (Fsp3) is 0. The summed E-state index contributed by atoms with van der Waals surface area (Å²) in [7, 11) is 0. The first-order valence-electron chi connectivity index (χ1n) is 1.45. The van der Waals surface area contributed by atoms with Crippen LogP contribution in [0.3, 0.4) is 0 Å². The number of hydrogen-bond donors (Lipinski definition) is 0. The van der Waals surface area contributed by atoms with Crippen molar-refractivity contribution in [2.75, 3.05) is 0 Å². The maximum atomic E-state index is 9.48. The molecule has 0 aliphatic rings.